The lowest BCUT2D eigenvalue weighted by Gasteiger charge is -2.55. The van der Waals surface area contributed by atoms with Crippen molar-refractivity contribution in [2.75, 3.05) is 6.61 Å². The smallest absolute Gasteiger partial charge is 0.171 e. The maximum atomic E-state index is 10.2. The van der Waals surface area contributed by atoms with E-state index in [4.69, 9.17) is 9.47 Å². The summed E-state index contributed by atoms with van der Waals surface area (Å²) < 4.78 is 13.3. The van der Waals surface area contributed by atoms with Gasteiger partial charge in [0.15, 0.2) is 5.79 Å². The minimum Gasteiger partial charge on any atom is -0.393 e. The number of aliphatic hydroxyl groups is 1. The maximum Gasteiger partial charge on any atom is 0.171 e. The fraction of sp³-hybridized carbons (Fsp3) is 0.852. The molecular formula is C27H40O3. The first-order chi connectivity index (χ1) is 14.3. The minimum atomic E-state index is -0.313. The van der Waals surface area contributed by atoms with Crippen LogP contribution in [-0.2, 0) is 9.47 Å². The van der Waals surface area contributed by atoms with Crippen LogP contribution in [0.3, 0.4) is 0 Å². The van der Waals surface area contributed by atoms with E-state index in [0.717, 1.165) is 32.3 Å². The van der Waals surface area contributed by atoms with E-state index in [9.17, 15) is 5.11 Å². The number of allylic oxidation sites excluding steroid dienone is 3. The van der Waals surface area contributed by atoms with Crippen LogP contribution in [0.15, 0.2) is 23.3 Å². The van der Waals surface area contributed by atoms with E-state index in [2.05, 4.69) is 39.8 Å². The van der Waals surface area contributed by atoms with Crippen LogP contribution in [0.5, 0.6) is 0 Å². The number of rotatable bonds is 0. The van der Waals surface area contributed by atoms with Gasteiger partial charge in [-0.2, -0.15) is 0 Å². The topological polar surface area (TPSA) is 38.7 Å². The molecular weight excluding hydrogens is 372 g/mol. The van der Waals surface area contributed by atoms with Gasteiger partial charge >= 0.3 is 0 Å². The fourth-order valence-corrected chi connectivity index (χ4v) is 9.01. The Hall–Kier alpha value is -0.640. The summed E-state index contributed by atoms with van der Waals surface area (Å²) in [6, 6.07) is 0. The molecule has 3 saturated carbocycles. The molecule has 30 heavy (non-hydrogen) atoms. The summed E-state index contributed by atoms with van der Waals surface area (Å²) in [6.45, 7) is 10.7. The zero-order chi connectivity index (χ0) is 20.9. The van der Waals surface area contributed by atoms with Crippen molar-refractivity contribution in [3.63, 3.8) is 0 Å². The van der Waals surface area contributed by atoms with Crippen molar-refractivity contribution in [3.05, 3.63) is 23.3 Å². The highest BCUT2D eigenvalue weighted by molar-refractivity contribution is 5.39. The first-order valence-corrected chi connectivity index (χ1v) is 12.7. The van der Waals surface area contributed by atoms with Crippen molar-refractivity contribution in [2.45, 2.75) is 97.1 Å². The number of ether oxygens (including phenoxy) is 2. The molecule has 2 unspecified atom stereocenters. The van der Waals surface area contributed by atoms with Crippen LogP contribution in [0, 0.1) is 40.4 Å². The second kappa shape index (κ2) is 6.45. The van der Waals surface area contributed by atoms with Crippen LogP contribution in [0.1, 0.15) is 79.1 Å². The van der Waals surface area contributed by atoms with Crippen molar-refractivity contribution >= 4 is 0 Å². The third-order valence-corrected chi connectivity index (χ3v) is 10.8. The Morgan fingerprint density at radius 2 is 1.83 bits per heavy atom. The minimum absolute atomic E-state index is 0.136. The maximum absolute atomic E-state index is 10.2. The van der Waals surface area contributed by atoms with Crippen molar-refractivity contribution in [2.24, 2.45) is 40.4 Å². The molecule has 0 radical (unpaired) electrons. The first-order valence-electron chi connectivity index (χ1n) is 12.7. The van der Waals surface area contributed by atoms with Crippen molar-refractivity contribution < 1.29 is 14.6 Å². The highest BCUT2D eigenvalue weighted by Crippen LogP contribution is 2.69. The van der Waals surface area contributed by atoms with Gasteiger partial charge in [-0.15, -0.1) is 0 Å². The zero-order valence-electron chi connectivity index (χ0n) is 19.3. The van der Waals surface area contributed by atoms with Gasteiger partial charge in [0, 0.05) is 12.3 Å². The van der Waals surface area contributed by atoms with Gasteiger partial charge in [0.25, 0.3) is 0 Å². The van der Waals surface area contributed by atoms with Crippen LogP contribution < -0.4 is 0 Å². The van der Waals surface area contributed by atoms with Crippen molar-refractivity contribution in [3.8, 4) is 0 Å². The van der Waals surface area contributed by atoms with E-state index < -0.39 is 0 Å². The molecule has 2 aliphatic heterocycles. The molecule has 1 spiro atoms. The molecule has 10 atom stereocenters. The van der Waals surface area contributed by atoms with Gasteiger partial charge in [0.1, 0.15) is 0 Å². The lowest BCUT2D eigenvalue weighted by molar-refractivity contribution is -0.271. The van der Waals surface area contributed by atoms with Gasteiger partial charge < -0.3 is 14.6 Å². The Kier molecular flexibility index (Phi) is 4.30. The Balaban J connectivity index is 1.31. The molecule has 0 bridgehead atoms. The van der Waals surface area contributed by atoms with Gasteiger partial charge in [-0.3, -0.25) is 0 Å². The first kappa shape index (κ1) is 20.0. The molecule has 6 aliphatic rings. The third kappa shape index (κ3) is 2.49. The molecule has 2 heterocycles. The van der Waals surface area contributed by atoms with E-state index in [1.807, 2.05) is 0 Å². The summed E-state index contributed by atoms with van der Waals surface area (Å²) >= 11 is 0. The van der Waals surface area contributed by atoms with E-state index >= 15 is 0 Å². The second-order valence-electron chi connectivity index (χ2n) is 12.3. The van der Waals surface area contributed by atoms with Gasteiger partial charge in [-0.25, -0.2) is 0 Å². The summed E-state index contributed by atoms with van der Waals surface area (Å²) in [4.78, 5) is 0. The third-order valence-electron chi connectivity index (χ3n) is 10.8. The number of hydrogen-bond donors (Lipinski definition) is 1. The largest absolute Gasteiger partial charge is 0.393 e. The van der Waals surface area contributed by atoms with Gasteiger partial charge in [0.05, 0.1) is 18.8 Å². The normalized spacial score (nSPS) is 57.2. The Labute approximate surface area is 182 Å². The molecule has 0 aromatic heterocycles. The number of fused-ring (bicyclic) bond motifs is 7. The summed E-state index contributed by atoms with van der Waals surface area (Å²) in [6.07, 6.45) is 14.2. The predicted octanol–water partition coefficient (Wildman–Crippen LogP) is 5.63. The van der Waals surface area contributed by atoms with Crippen LogP contribution in [0.25, 0.3) is 0 Å². The predicted molar refractivity (Wildman–Crippen MR) is 118 cm³/mol. The quantitative estimate of drug-likeness (QED) is 0.560. The summed E-state index contributed by atoms with van der Waals surface area (Å²) in [5, 5.41) is 10.2. The molecule has 6 rings (SSSR count). The SMILES string of the molecule is CC1CC[C@@]2(OC1)O[C@H]1C[C@H]3C4=CC=C5CC(O)CC[C@]5(C)[C@H]4CC[C@]3(C)[C@H]1[C@@H]2C. The number of hydrogen-bond acceptors (Lipinski definition) is 3. The van der Waals surface area contributed by atoms with Crippen LogP contribution in [-0.4, -0.2) is 29.7 Å². The molecule has 1 N–H and O–H groups in total. The molecule has 2 saturated heterocycles. The highest BCUT2D eigenvalue weighted by Gasteiger charge is 2.67. The molecule has 3 heteroatoms. The highest BCUT2D eigenvalue weighted by atomic mass is 16.7. The van der Waals surface area contributed by atoms with Crippen LogP contribution >= 0.6 is 0 Å². The standard InChI is InChI=1S/C27H40O3/c1-16-7-12-27(29-15-16)17(2)24-23(30-27)14-22-20-6-5-18-13-19(28)8-10-25(18,3)21(20)9-11-26(22,24)4/h5-6,16-17,19,21-24,28H,7-15H2,1-4H3/t16?,17-,19?,21-,22-,23-,24-,25-,26-,27+/m0/s1. The van der Waals surface area contributed by atoms with E-state index in [0.29, 0.717) is 41.1 Å². The molecule has 3 nitrogen and oxygen atoms in total. The zero-order valence-corrected chi connectivity index (χ0v) is 19.3. The molecule has 0 aromatic carbocycles. The second-order valence-corrected chi connectivity index (χ2v) is 12.3. The van der Waals surface area contributed by atoms with Crippen molar-refractivity contribution in [1.29, 1.82) is 0 Å². The monoisotopic (exact) mass is 412 g/mol. The Morgan fingerprint density at radius 1 is 1.00 bits per heavy atom. The Morgan fingerprint density at radius 3 is 2.60 bits per heavy atom. The fourth-order valence-electron chi connectivity index (χ4n) is 9.01. The summed E-state index contributed by atoms with van der Waals surface area (Å²) in [7, 11) is 0. The molecule has 4 aliphatic carbocycles. The average Bonchev–Trinajstić information content (AvgIpc) is 3.16. The van der Waals surface area contributed by atoms with Crippen LogP contribution in [0.4, 0.5) is 0 Å². The summed E-state index contributed by atoms with van der Waals surface area (Å²) in [5.41, 5.74) is 3.81. The molecule has 0 amide bonds. The summed E-state index contributed by atoms with van der Waals surface area (Å²) in [5.74, 6) is 2.76. The molecule has 0 aromatic rings. The Bertz CT molecular complexity index is 790. The van der Waals surface area contributed by atoms with Gasteiger partial charge in [0.2, 0.25) is 0 Å². The lowest BCUT2D eigenvalue weighted by Crippen LogP contribution is -2.49. The van der Waals surface area contributed by atoms with E-state index in [1.165, 1.54) is 31.3 Å². The molecule has 5 fully saturated rings. The molecule has 166 valence electrons. The van der Waals surface area contributed by atoms with Crippen molar-refractivity contribution in [1.82, 2.24) is 0 Å². The van der Waals surface area contributed by atoms with Gasteiger partial charge in [-0.05, 0) is 79.4 Å². The van der Waals surface area contributed by atoms with E-state index in [-0.39, 0.29) is 17.3 Å². The lowest BCUT2D eigenvalue weighted by atomic mass is 9.50. The van der Waals surface area contributed by atoms with Gasteiger partial charge in [-0.1, -0.05) is 51.0 Å². The average molecular weight is 413 g/mol. The van der Waals surface area contributed by atoms with Crippen LogP contribution in [0.2, 0.25) is 0 Å². The van der Waals surface area contributed by atoms with E-state index in [1.54, 1.807) is 5.57 Å². The number of aliphatic hydroxyl groups excluding tert-OH is 1.